The fraction of sp³-hybridized carbons (Fsp3) is 0.227. The van der Waals surface area contributed by atoms with E-state index in [0.717, 1.165) is 12.1 Å². The zero-order valence-electron chi connectivity index (χ0n) is 17.4. The average Bonchev–Trinajstić information content (AvgIpc) is 3.38. The molecule has 32 heavy (non-hydrogen) atoms. The predicted octanol–water partition coefficient (Wildman–Crippen LogP) is 3.08. The highest BCUT2D eigenvalue weighted by molar-refractivity contribution is 6.13. The summed E-state index contributed by atoms with van der Waals surface area (Å²) in [6, 6.07) is 9.54. The van der Waals surface area contributed by atoms with Gasteiger partial charge in [0, 0.05) is 24.2 Å². The minimum absolute atomic E-state index is 0.0729. The number of cyclic esters (lactones) is 1. The van der Waals surface area contributed by atoms with Crippen LogP contribution in [0.2, 0.25) is 0 Å². The largest absolute Gasteiger partial charge is 0.493 e. The summed E-state index contributed by atoms with van der Waals surface area (Å²) < 4.78 is 15.6. The van der Waals surface area contributed by atoms with Gasteiger partial charge in [-0.05, 0) is 42.8 Å². The molecule has 10 nitrogen and oxygen atoms in total. The van der Waals surface area contributed by atoms with E-state index in [2.05, 4.69) is 4.99 Å². The van der Waals surface area contributed by atoms with Crippen molar-refractivity contribution in [2.24, 2.45) is 4.99 Å². The number of anilines is 1. The molecule has 0 saturated carbocycles. The van der Waals surface area contributed by atoms with Crippen LogP contribution in [-0.4, -0.2) is 43.5 Å². The molecule has 2 aromatic rings. The van der Waals surface area contributed by atoms with E-state index in [-0.39, 0.29) is 40.3 Å². The number of methoxy groups -OCH3 is 2. The van der Waals surface area contributed by atoms with E-state index in [4.69, 9.17) is 14.2 Å². The van der Waals surface area contributed by atoms with Crippen molar-refractivity contribution in [3.05, 3.63) is 63.3 Å². The Labute approximate surface area is 182 Å². The number of ether oxygens (including phenoxy) is 3. The van der Waals surface area contributed by atoms with Crippen LogP contribution in [0, 0.1) is 10.1 Å². The van der Waals surface area contributed by atoms with Gasteiger partial charge in [-0.25, -0.2) is 9.79 Å². The molecule has 0 atom stereocenters. The first kappa shape index (κ1) is 21.0. The number of hydrogen-bond acceptors (Lipinski definition) is 8. The van der Waals surface area contributed by atoms with Crippen LogP contribution in [0.5, 0.6) is 11.5 Å². The molecule has 2 aliphatic rings. The van der Waals surface area contributed by atoms with Crippen molar-refractivity contribution < 1.29 is 28.7 Å². The van der Waals surface area contributed by atoms with Crippen LogP contribution in [0.25, 0.3) is 6.08 Å². The van der Waals surface area contributed by atoms with Crippen LogP contribution in [-0.2, 0) is 14.3 Å². The van der Waals surface area contributed by atoms with Crippen LogP contribution in [0.15, 0.2) is 47.1 Å². The first-order valence-corrected chi connectivity index (χ1v) is 9.75. The molecular formula is C22H19N3O7. The Morgan fingerprint density at radius 2 is 1.81 bits per heavy atom. The topological polar surface area (TPSA) is 121 Å². The molecule has 2 aromatic carbocycles. The number of carbonyl (C=O) groups is 2. The zero-order chi connectivity index (χ0) is 22.8. The van der Waals surface area contributed by atoms with E-state index in [9.17, 15) is 19.7 Å². The summed E-state index contributed by atoms with van der Waals surface area (Å²) in [7, 11) is 2.77. The van der Waals surface area contributed by atoms with Crippen molar-refractivity contribution in [3.8, 4) is 11.5 Å². The van der Waals surface area contributed by atoms with Gasteiger partial charge in [0.25, 0.3) is 5.69 Å². The molecule has 0 aromatic heterocycles. The smallest absolute Gasteiger partial charge is 0.363 e. The maximum atomic E-state index is 12.4. The summed E-state index contributed by atoms with van der Waals surface area (Å²) in [5, 5.41) is 11.5. The second-order valence-electron chi connectivity index (χ2n) is 7.05. The molecule has 0 aliphatic carbocycles. The quantitative estimate of drug-likeness (QED) is 0.295. The Bertz CT molecular complexity index is 1170. The number of amides is 1. The van der Waals surface area contributed by atoms with Crippen LogP contribution >= 0.6 is 0 Å². The fourth-order valence-electron chi connectivity index (χ4n) is 3.54. The van der Waals surface area contributed by atoms with Gasteiger partial charge < -0.3 is 19.1 Å². The van der Waals surface area contributed by atoms with Crippen molar-refractivity contribution >= 4 is 35.2 Å². The van der Waals surface area contributed by atoms with Crippen molar-refractivity contribution in [3.63, 3.8) is 0 Å². The van der Waals surface area contributed by atoms with Crippen molar-refractivity contribution in [1.29, 1.82) is 0 Å². The summed E-state index contributed by atoms with van der Waals surface area (Å²) >= 11 is 0. The Morgan fingerprint density at radius 1 is 1.12 bits per heavy atom. The molecule has 0 unspecified atom stereocenters. The Morgan fingerprint density at radius 3 is 2.41 bits per heavy atom. The second-order valence-corrected chi connectivity index (χ2v) is 7.05. The SMILES string of the molecule is COc1cc(/C=C2\N=C(c3ccc(N4CCCC4=O)cc3)OC2=O)c([N+](=O)[O-])cc1OC. The molecule has 4 rings (SSSR count). The zero-order valence-corrected chi connectivity index (χ0v) is 17.4. The summed E-state index contributed by atoms with van der Waals surface area (Å²) in [5.41, 5.74) is 1.06. The molecule has 10 heteroatoms. The molecule has 1 amide bonds. The van der Waals surface area contributed by atoms with Crippen LogP contribution < -0.4 is 14.4 Å². The van der Waals surface area contributed by atoms with Crippen LogP contribution in [0.3, 0.4) is 0 Å². The summed E-state index contributed by atoms with van der Waals surface area (Å²) in [6.45, 7) is 0.672. The highest BCUT2D eigenvalue weighted by atomic mass is 16.6. The standard InChI is InChI=1S/C22H19N3O7/c1-30-18-11-14(17(25(28)29)12-19(18)31-2)10-16-22(27)32-21(23-16)13-5-7-15(8-6-13)24-9-3-4-20(24)26/h5-8,10-12H,3-4,9H2,1-2H3/b16-10-. The summed E-state index contributed by atoms with van der Waals surface area (Å²) in [6.07, 6.45) is 2.62. The van der Waals surface area contributed by atoms with E-state index in [1.807, 2.05) is 0 Å². The first-order valence-electron chi connectivity index (χ1n) is 9.75. The lowest BCUT2D eigenvalue weighted by Crippen LogP contribution is -2.23. The maximum Gasteiger partial charge on any atom is 0.363 e. The van der Waals surface area contributed by atoms with Gasteiger partial charge in [-0.15, -0.1) is 0 Å². The Balaban J connectivity index is 1.66. The predicted molar refractivity (Wildman–Crippen MR) is 115 cm³/mol. The molecule has 2 heterocycles. The summed E-state index contributed by atoms with van der Waals surface area (Å²) in [5.74, 6) is -0.126. The van der Waals surface area contributed by atoms with Crippen molar-refractivity contribution in [1.82, 2.24) is 0 Å². The molecule has 164 valence electrons. The summed E-state index contributed by atoms with van der Waals surface area (Å²) in [4.78, 5) is 41.1. The van der Waals surface area contributed by atoms with Crippen molar-refractivity contribution in [2.75, 3.05) is 25.7 Å². The lowest BCUT2D eigenvalue weighted by Gasteiger charge is -2.15. The lowest BCUT2D eigenvalue weighted by atomic mass is 10.1. The average molecular weight is 437 g/mol. The number of aliphatic imine (C=N–C) groups is 1. The van der Waals surface area contributed by atoms with Gasteiger partial charge in [0.2, 0.25) is 11.8 Å². The van der Waals surface area contributed by atoms with Gasteiger partial charge >= 0.3 is 5.97 Å². The van der Waals surface area contributed by atoms with E-state index < -0.39 is 10.9 Å². The Hall–Kier alpha value is -4.21. The number of benzene rings is 2. The van der Waals surface area contributed by atoms with Gasteiger partial charge in [-0.3, -0.25) is 14.9 Å². The van der Waals surface area contributed by atoms with Gasteiger partial charge in [0.05, 0.1) is 30.8 Å². The minimum atomic E-state index is -0.733. The number of carbonyl (C=O) groups excluding carboxylic acids is 2. The van der Waals surface area contributed by atoms with Gasteiger partial charge in [0.15, 0.2) is 17.2 Å². The van der Waals surface area contributed by atoms with E-state index >= 15 is 0 Å². The molecule has 2 aliphatic heterocycles. The Kier molecular flexibility index (Phi) is 5.59. The highest BCUT2D eigenvalue weighted by Crippen LogP contribution is 2.36. The number of rotatable bonds is 6. The first-order chi connectivity index (χ1) is 15.4. The minimum Gasteiger partial charge on any atom is -0.493 e. The van der Waals surface area contributed by atoms with E-state index in [1.165, 1.54) is 32.4 Å². The molecule has 0 bridgehead atoms. The number of hydrogen-bond donors (Lipinski definition) is 0. The molecule has 0 radical (unpaired) electrons. The van der Waals surface area contributed by atoms with E-state index in [0.29, 0.717) is 18.5 Å². The van der Waals surface area contributed by atoms with Gasteiger partial charge in [-0.1, -0.05) is 0 Å². The lowest BCUT2D eigenvalue weighted by molar-refractivity contribution is -0.385. The second kappa shape index (κ2) is 8.50. The molecule has 0 N–H and O–H groups in total. The third-order valence-corrected chi connectivity index (χ3v) is 5.14. The van der Waals surface area contributed by atoms with Gasteiger partial charge in [0.1, 0.15) is 0 Å². The number of nitro groups is 1. The van der Waals surface area contributed by atoms with Gasteiger partial charge in [-0.2, -0.15) is 0 Å². The number of nitro benzene ring substituents is 1. The third-order valence-electron chi connectivity index (χ3n) is 5.14. The number of esters is 1. The fourth-order valence-corrected chi connectivity index (χ4v) is 3.54. The van der Waals surface area contributed by atoms with Crippen molar-refractivity contribution in [2.45, 2.75) is 12.8 Å². The monoisotopic (exact) mass is 437 g/mol. The molecular weight excluding hydrogens is 418 g/mol. The number of nitrogens with zero attached hydrogens (tertiary/aromatic N) is 3. The van der Waals surface area contributed by atoms with E-state index in [1.54, 1.807) is 29.2 Å². The highest BCUT2D eigenvalue weighted by Gasteiger charge is 2.27. The van der Waals surface area contributed by atoms with Crippen LogP contribution in [0.4, 0.5) is 11.4 Å². The molecule has 0 spiro atoms. The third kappa shape index (κ3) is 3.89. The molecule has 1 fully saturated rings. The van der Waals surface area contributed by atoms with Crippen LogP contribution in [0.1, 0.15) is 24.0 Å². The normalized spacial score (nSPS) is 16.9. The molecule has 1 saturated heterocycles. The maximum absolute atomic E-state index is 12.4.